The van der Waals surface area contributed by atoms with Crippen molar-refractivity contribution in [3.8, 4) is 5.75 Å². The van der Waals surface area contributed by atoms with Gasteiger partial charge in [-0.15, -0.1) is 24.0 Å². The fraction of sp³-hybridized carbons (Fsp3) is 0. The van der Waals surface area contributed by atoms with E-state index in [-0.39, 0.29) is 0 Å². The van der Waals surface area contributed by atoms with Gasteiger partial charge >= 0.3 is 0 Å². The van der Waals surface area contributed by atoms with Crippen LogP contribution in [0, 0.1) is 3.57 Å². The molecule has 0 unspecified atom stereocenters. The predicted octanol–water partition coefficient (Wildman–Crippen LogP) is 3.50. The van der Waals surface area contributed by atoms with Crippen LogP contribution in [-0.4, -0.2) is 5.11 Å². The smallest absolute Gasteiger partial charge is 0.130 e. The van der Waals surface area contributed by atoms with Gasteiger partial charge in [-0.2, -0.15) is 0 Å². The molecule has 62 valence electrons. The fourth-order valence-electron chi connectivity index (χ4n) is 1.05. The van der Waals surface area contributed by atoms with Gasteiger partial charge in [-0.25, -0.2) is 0 Å². The first-order valence-electron chi connectivity index (χ1n) is 3.28. The lowest BCUT2D eigenvalue weighted by atomic mass is 10.2. The first kappa shape index (κ1) is 8.65. The molecule has 4 heteroatoms. The van der Waals surface area contributed by atoms with Gasteiger partial charge in [0, 0.05) is 0 Å². The van der Waals surface area contributed by atoms with E-state index in [4.69, 9.17) is 0 Å². The Labute approximate surface area is 93.0 Å². The molecule has 0 aliphatic heterocycles. The van der Waals surface area contributed by atoms with Gasteiger partial charge in [-0.1, -0.05) is 0 Å². The van der Waals surface area contributed by atoms with Crippen LogP contribution in [0.2, 0.25) is 0 Å². The Hall–Kier alpha value is 0.0600. The molecule has 1 aromatic heterocycles. The molecule has 2 rings (SSSR count). The van der Waals surface area contributed by atoms with Crippen LogP contribution >= 0.6 is 46.6 Å². The molecule has 1 nitrogen and oxygen atoms in total. The molecule has 0 radical (unpaired) electrons. The van der Waals surface area contributed by atoms with Gasteiger partial charge in [0.15, 0.2) is 0 Å². The third kappa shape index (κ3) is 1.31. The quantitative estimate of drug-likeness (QED) is 0.564. The van der Waals surface area contributed by atoms with E-state index in [0.29, 0.717) is 5.75 Å². The molecule has 0 bridgehead atoms. The van der Waals surface area contributed by atoms with Crippen molar-refractivity contribution in [3.63, 3.8) is 0 Å². The average Bonchev–Trinajstić information content (AvgIpc) is 2.39. The Morgan fingerprint density at radius 2 is 2.17 bits per heavy atom. The topological polar surface area (TPSA) is 20.2 Å². The van der Waals surface area contributed by atoms with Gasteiger partial charge in [-0.05, 0) is 46.2 Å². The number of hydrogen-bond acceptors (Lipinski definition) is 3. The van der Waals surface area contributed by atoms with E-state index in [9.17, 15) is 5.11 Å². The molecule has 2 aromatic rings. The van der Waals surface area contributed by atoms with E-state index < -0.39 is 0 Å². The van der Waals surface area contributed by atoms with E-state index in [1.165, 1.54) is 0 Å². The number of hydrogen-bond donors (Lipinski definition) is 2. The van der Waals surface area contributed by atoms with Crippen molar-refractivity contribution in [2.75, 3.05) is 0 Å². The lowest BCUT2D eigenvalue weighted by molar-refractivity contribution is 0.472. The van der Waals surface area contributed by atoms with E-state index in [0.717, 1.165) is 17.9 Å². The van der Waals surface area contributed by atoms with Crippen LogP contribution in [0.3, 0.4) is 0 Å². The zero-order chi connectivity index (χ0) is 8.72. The summed E-state index contributed by atoms with van der Waals surface area (Å²) >= 11 is 7.99. The van der Waals surface area contributed by atoms with Crippen LogP contribution in [0.15, 0.2) is 22.4 Å². The van der Waals surface area contributed by atoms with Crippen LogP contribution in [0.4, 0.5) is 0 Å². The number of rotatable bonds is 0. The maximum absolute atomic E-state index is 9.40. The fourth-order valence-corrected chi connectivity index (χ4v) is 3.11. The van der Waals surface area contributed by atoms with E-state index in [1.807, 2.05) is 12.1 Å². The van der Waals surface area contributed by atoms with Crippen LogP contribution in [-0.2, 0) is 0 Å². The summed E-state index contributed by atoms with van der Waals surface area (Å²) in [7, 11) is 0. The molecule has 0 amide bonds. The SMILES string of the molecule is Oc1ccc2cc(S)sc2c1I. The summed E-state index contributed by atoms with van der Waals surface area (Å²) in [5.41, 5.74) is 0. The second-order valence-electron chi connectivity index (χ2n) is 2.40. The molecule has 1 N–H and O–H groups in total. The number of thiol groups is 1. The number of aromatic hydroxyl groups is 1. The lowest BCUT2D eigenvalue weighted by Gasteiger charge is -1.96. The monoisotopic (exact) mass is 308 g/mol. The van der Waals surface area contributed by atoms with Crippen LogP contribution in [0.25, 0.3) is 10.1 Å². The first-order chi connectivity index (χ1) is 5.68. The minimum atomic E-state index is 0.346. The van der Waals surface area contributed by atoms with Crippen molar-refractivity contribution in [3.05, 3.63) is 21.8 Å². The number of phenols is 1. The van der Waals surface area contributed by atoms with Crippen LogP contribution < -0.4 is 0 Å². The van der Waals surface area contributed by atoms with Crippen molar-refractivity contribution in [1.82, 2.24) is 0 Å². The lowest BCUT2D eigenvalue weighted by Crippen LogP contribution is -1.71. The highest BCUT2D eigenvalue weighted by Gasteiger charge is 2.06. The highest BCUT2D eigenvalue weighted by atomic mass is 127. The Kier molecular flexibility index (Phi) is 2.22. The van der Waals surface area contributed by atoms with Crippen molar-refractivity contribution in [2.24, 2.45) is 0 Å². The molecular formula is C8H5IOS2. The molecule has 0 saturated heterocycles. The highest BCUT2D eigenvalue weighted by molar-refractivity contribution is 14.1. The predicted molar refractivity (Wildman–Crippen MR) is 63.5 cm³/mol. The average molecular weight is 308 g/mol. The molecule has 0 aliphatic carbocycles. The third-order valence-corrected chi connectivity index (χ3v) is 4.42. The highest BCUT2D eigenvalue weighted by Crippen LogP contribution is 2.35. The van der Waals surface area contributed by atoms with Gasteiger partial charge in [0.2, 0.25) is 0 Å². The number of phenolic OH excluding ortho intramolecular Hbond substituents is 1. The van der Waals surface area contributed by atoms with Gasteiger partial charge in [0.25, 0.3) is 0 Å². The van der Waals surface area contributed by atoms with Crippen LogP contribution in [0.1, 0.15) is 0 Å². The molecule has 0 spiro atoms. The Morgan fingerprint density at radius 3 is 2.92 bits per heavy atom. The molecule has 1 aromatic carbocycles. The Morgan fingerprint density at radius 1 is 1.42 bits per heavy atom. The zero-order valence-corrected chi connectivity index (χ0v) is 9.78. The Balaban J connectivity index is 2.89. The third-order valence-electron chi connectivity index (χ3n) is 1.59. The molecule has 0 saturated carbocycles. The first-order valence-corrected chi connectivity index (χ1v) is 5.62. The van der Waals surface area contributed by atoms with Gasteiger partial charge in [0.05, 0.1) is 12.5 Å². The summed E-state index contributed by atoms with van der Waals surface area (Å²) in [6.45, 7) is 0. The minimum absolute atomic E-state index is 0.346. The largest absolute Gasteiger partial charge is 0.507 e. The van der Waals surface area contributed by atoms with Gasteiger partial charge < -0.3 is 5.11 Å². The van der Waals surface area contributed by atoms with Gasteiger partial charge in [-0.3, -0.25) is 0 Å². The zero-order valence-electron chi connectivity index (χ0n) is 5.91. The summed E-state index contributed by atoms with van der Waals surface area (Å²) < 4.78 is 3.00. The summed E-state index contributed by atoms with van der Waals surface area (Å²) in [5, 5.41) is 10.5. The van der Waals surface area contributed by atoms with E-state index in [1.54, 1.807) is 17.4 Å². The van der Waals surface area contributed by atoms with Crippen molar-refractivity contribution in [2.45, 2.75) is 4.21 Å². The van der Waals surface area contributed by atoms with Crippen molar-refractivity contribution in [1.29, 1.82) is 0 Å². The molecule has 0 aliphatic rings. The standard InChI is InChI=1S/C8H5IOS2/c9-7-5(10)2-1-4-3-6(11)12-8(4)7/h1-3,10-11H. The normalized spacial score (nSPS) is 10.8. The number of thiophene rings is 1. The van der Waals surface area contributed by atoms with Crippen molar-refractivity contribution < 1.29 is 5.11 Å². The van der Waals surface area contributed by atoms with Gasteiger partial charge in [0.1, 0.15) is 5.75 Å². The maximum atomic E-state index is 9.40. The maximum Gasteiger partial charge on any atom is 0.130 e. The molecule has 0 atom stereocenters. The number of halogens is 1. The van der Waals surface area contributed by atoms with Crippen LogP contribution in [0.5, 0.6) is 5.75 Å². The molecular weight excluding hydrogens is 303 g/mol. The second-order valence-corrected chi connectivity index (χ2v) is 5.32. The van der Waals surface area contributed by atoms with E-state index >= 15 is 0 Å². The summed E-state index contributed by atoms with van der Waals surface area (Å²) in [5.74, 6) is 0.346. The van der Waals surface area contributed by atoms with Crippen molar-refractivity contribution >= 4 is 56.6 Å². The number of fused-ring (bicyclic) bond motifs is 1. The van der Waals surface area contributed by atoms with E-state index in [2.05, 4.69) is 35.2 Å². The summed E-state index contributed by atoms with van der Waals surface area (Å²) in [4.78, 5) is 0. The minimum Gasteiger partial charge on any atom is -0.507 e. The Bertz CT molecular complexity index is 436. The molecule has 1 heterocycles. The summed E-state index contributed by atoms with van der Waals surface area (Å²) in [6.07, 6.45) is 0. The molecule has 0 fully saturated rings. The number of benzene rings is 1. The second kappa shape index (κ2) is 3.08. The summed E-state index contributed by atoms with van der Waals surface area (Å²) in [6, 6.07) is 5.62. The molecule has 12 heavy (non-hydrogen) atoms.